The van der Waals surface area contributed by atoms with E-state index < -0.39 is 23.2 Å². The van der Waals surface area contributed by atoms with Crippen molar-refractivity contribution in [1.82, 2.24) is 5.32 Å². The largest absolute Gasteiger partial charge is 0.346 e. The minimum absolute atomic E-state index is 0.254. The summed E-state index contributed by atoms with van der Waals surface area (Å²) < 4.78 is 5.20. The third kappa shape index (κ3) is 2.26. The second kappa shape index (κ2) is 5.44. The molecule has 0 fully saturated rings. The fraction of sp³-hybridized carbons (Fsp3) is 0.167. The summed E-state index contributed by atoms with van der Waals surface area (Å²) in [5, 5.41) is 2.47. The number of Topliss-reactive ketones (excluding diaryl/α,β-unsaturated/α-hetero) is 2. The number of methoxy groups -OCH3 is 1. The Morgan fingerprint density at radius 1 is 1.00 bits per heavy atom. The van der Waals surface area contributed by atoms with Crippen LogP contribution in [0.3, 0.4) is 0 Å². The molecule has 0 saturated carbocycles. The normalized spacial score (nSPS) is 15.4. The van der Waals surface area contributed by atoms with Crippen LogP contribution in [0.15, 0.2) is 48.5 Å². The van der Waals surface area contributed by atoms with Crippen LogP contribution >= 0.6 is 0 Å². The molecule has 2 aromatic rings. The summed E-state index contributed by atoms with van der Waals surface area (Å²) in [7, 11) is 1.23. The molecule has 1 aliphatic carbocycles. The fourth-order valence-electron chi connectivity index (χ4n) is 2.73. The SMILES string of the molecule is COC1(NC(=O)c2cccc(C)c2)C(=O)c2ccccc2C1=O. The van der Waals surface area contributed by atoms with Crippen molar-refractivity contribution < 1.29 is 19.1 Å². The molecular weight excluding hydrogens is 294 g/mol. The highest BCUT2D eigenvalue weighted by molar-refractivity contribution is 6.33. The molecule has 23 heavy (non-hydrogen) atoms. The minimum Gasteiger partial charge on any atom is -0.346 e. The third-order valence-corrected chi connectivity index (χ3v) is 3.93. The average Bonchev–Trinajstić information content (AvgIpc) is 2.77. The van der Waals surface area contributed by atoms with Crippen molar-refractivity contribution in [2.24, 2.45) is 0 Å². The molecule has 3 rings (SSSR count). The van der Waals surface area contributed by atoms with Crippen molar-refractivity contribution in [2.45, 2.75) is 12.6 Å². The van der Waals surface area contributed by atoms with Crippen LogP contribution in [-0.2, 0) is 4.74 Å². The van der Waals surface area contributed by atoms with E-state index in [2.05, 4.69) is 5.32 Å². The molecule has 5 heteroatoms. The zero-order chi connectivity index (χ0) is 16.6. The van der Waals surface area contributed by atoms with E-state index in [1.807, 2.05) is 13.0 Å². The Morgan fingerprint density at radius 2 is 1.61 bits per heavy atom. The lowest BCUT2D eigenvalue weighted by Gasteiger charge is -2.25. The van der Waals surface area contributed by atoms with Crippen molar-refractivity contribution in [1.29, 1.82) is 0 Å². The Kier molecular flexibility index (Phi) is 3.58. The fourth-order valence-corrected chi connectivity index (χ4v) is 2.73. The first-order chi connectivity index (χ1) is 11.0. The number of fused-ring (bicyclic) bond motifs is 1. The first-order valence-electron chi connectivity index (χ1n) is 7.12. The van der Waals surface area contributed by atoms with Crippen molar-refractivity contribution >= 4 is 17.5 Å². The molecule has 1 N–H and O–H groups in total. The molecule has 0 radical (unpaired) electrons. The van der Waals surface area contributed by atoms with E-state index in [-0.39, 0.29) is 11.1 Å². The van der Waals surface area contributed by atoms with Crippen molar-refractivity contribution in [3.05, 3.63) is 70.8 Å². The number of benzene rings is 2. The molecule has 0 unspecified atom stereocenters. The van der Waals surface area contributed by atoms with Crippen molar-refractivity contribution in [3.63, 3.8) is 0 Å². The number of hydrogen-bond donors (Lipinski definition) is 1. The monoisotopic (exact) mass is 309 g/mol. The number of amides is 1. The Hall–Kier alpha value is -2.79. The van der Waals surface area contributed by atoms with Crippen LogP contribution in [0.1, 0.15) is 36.6 Å². The maximum absolute atomic E-state index is 12.6. The van der Waals surface area contributed by atoms with Gasteiger partial charge < -0.3 is 10.1 Å². The van der Waals surface area contributed by atoms with Gasteiger partial charge in [-0.15, -0.1) is 0 Å². The molecule has 5 nitrogen and oxygen atoms in total. The Balaban J connectivity index is 1.99. The third-order valence-electron chi connectivity index (χ3n) is 3.93. The summed E-state index contributed by atoms with van der Waals surface area (Å²) in [4.78, 5) is 37.7. The molecule has 0 aromatic heterocycles. The van der Waals surface area contributed by atoms with Gasteiger partial charge in [0.05, 0.1) is 0 Å². The number of ketones is 2. The van der Waals surface area contributed by atoms with Crippen LogP contribution in [0.5, 0.6) is 0 Å². The van der Waals surface area contributed by atoms with Gasteiger partial charge in [-0.05, 0) is 19.1 Å². The maximum Gasteiger partial charge on any atom is 0.270 e. The molecule has 0 atom stereocenters. The lowest BCUT2D eigenvalue weighted by Crippen LogP contribution is -2.58. The van der Waals surface area contributed by atoms with Gasteiger partial charge >= 0.3 is 0 Å². The van der Waals surface area contributed by atoms with Gasteiger partial charge in [-0.3, -0.25) is 14.4 Å². The van der Waals surface area contributed by atoms with Crippen LogP contribution in [-0.4, -0.2) is 30.3 Å². The number of aryl methyl sites for hydroxylation is 1. The number of ether oxygens (including phenoxy) is 1. The van der Waals surface area contributed by atoms with Gasteiger partial charge in [0.25, 0.3) is 11.6 Å². The van der Waals surface area contributed by atoms with Crippen LogP contribution in [0, 0.1) is 6.92 Å². The zero-order valence-corrected chi connectivity index (χ0v) is 12.8. The quantitative estimate of drug-likeness (QED) is 0.696. The molecule has 0 aliphatic heterocycles. The van der Waals surface area contributed by atoms with Crippen LogP contribution in [0.2, 0.25) is 0 Å². The number of nitrogens with one attached hydrogen (secondary N) is 1. The molecule has 0 heterocycles. The van der Waals surface area contributed by atoms with E-state index in [0.717, 1.165) is 5.56 Å². The second-order valence-corrected chi connectivity index (χ2v) is 5.41. The smallest absolute Gasteiger partial charge is 0.270 e. The van der Waals surface area contributed by atoms with E-state index in [1.165, 1.54) is 7.11 Å². The topological polar surface area (TPSA) is 72.5 Å². The lowest BCUT2D eigenvalue weighted by atomic mass is 10.1. The van der Waals surface area contributed by atoms with Gasteiger partial charge in [0.2, 0.25) is 11.6 Å². The van der Waals surface area contributed by atoms with E-state index in [0.29, 0.717) is 5.56 Å². The molecular formula is C18H15NO4. The minimum atomic E-state index is -2.00. The summed E-state index contributed by atoms with van der Waals surface area (Å²) in [6, 6.07) is 13.3. The van der Waals surface area contributed by atoms with E-state index in [4.69, 9.17) is 4.74 Å². The highest BCUT2D eigenvalue weighted by Gasteiger charge is 2.55. The van der Waals surface area contributed by atoms with E-state index in [1.54, 1.807) is 42.5 Å². The molecule has 1 aliphatic rings. The van der Waals surface area contributed by atoms with Crippen LogP contribution in [0.4, 0.5) is 0 Å². The van der Waals surface area contributed by atoms with E-state index in [9.17, 15) is 14.4 Å². The summed E-state index contributed by atoms with van der Waals surface area (Å²) in [5.74, 6) is -1.65. The highest BCUT2D eigenvalue weighted by Crippen LogP contribution is 2.31. The predicted octanol–water partition coefficient (Wildman–Crippen LogP) is 2.15. The number of hydrogen-bond acceptors (Lipinski definition) is 4. The van der Waals surface area contributed by atoms with Gasteiger partial charge in [0.15, 0.2) is 0 Å². The zero-order valence-electron chi connectivity index (χ0n) is 12.8. The number of carbonyl (C=O) groups is 3. The van der Waals surface area contributed by atoms with Gasteiger partial charge in [-0.1, -0.05) is 42.0 Å². The first kappa shape index (κ1) is 15.1. The van der Waals surface area contributed by atoms with Gasteiger partial charge in [0, 0.05) is 23.8 Å². The lowest BCUT2D eigenvalue weighted by molar-refractivity contribution is -0.00230. The molecule has 116 valence electrons. The van der Waals surface area contributed by atoms with Gasteiger partial charge in [0.1, 0.15) is 0 Å². The highest BCUT2D eigenvalue weighted by atomic mass is 16.5. The standard InChI is InChI=1S/C18H15NO4/c1-11-6-5-7-12(10-11)17(22)19-18(23-2)15(20)13-8-3-4-9-14(13)16(18)21/h3-10H,1-2H3,(H,19,22). The Morgan fingerprint density at radius 3 is 2.13 bits per heavy atom. The first-order valence-corrected chi connectivity index (χ1v) is 7.12. The Bertz CT molecular complexity index is 790. The van der Waals surface area contributed by atoms with E-state index >= 15 is 0 Å². The summed E-state index contributed by atoms with van der Waals surface area (Å²) in [6.45, 7) is 1.85. The molecule has 0 saturated heterocycles. The molecule has 2 aromatic carbocycles. The average molecular weight is 309 g/mol. The Labute approximate surface area is 133 Å². The van der Waals surface area contributed by atoms with Crippen molar-refractivity contribution in [2.75, 3.05) is 7.11 Å². The maximum atomic E-state index is 12.6. The van der Waals surface area contributed by atoms with Gasteiger partial charge in [-0.25, -0.2) is 0 Å². The van der Waals surface area contributed by atoms with Gasteiger partial charge in [-0.2, -0.15) is 0 Å². The molecule has 1 amide bonds. The molecule has 0 bridgehead atoms. The number of carbonyl (C=O) groups excluding carboxylic acids is 3. The summed E-state index contributed by atoms with van der Waals surface area (Å²) >= 11 is 0. The predicted molar refractivity (Wildman–Crippen MR) is 83.5 cm³/mol. The molecule has 0 spiro atoms. The summed E-state index contributed by atoms with van der Waals surface area (Å²) in [6.07, 6.45) is 0. The van der Waals surface area contributed by atoms with Crippen LogP contribution in [0.25, 0.3) is 0 Å². The summed E-state index contributed by atoms with van der Waals surface area (Å²) in [5.41, 5.74) is -0.230. The van der Waals surface area contributed by atoms with Crippen molar-refractivity contribution in [3.8, 4) is 0 Å². The van der Waals surface area contributed by atoms with Crippen LogP contribution < -0.4 is 5.32 Å². The second-order valence-electron chi connectivity index (χ2n) is 5.41. The number of rotatable bonds is 3.